The highest BCUT2D eigenvalue weighted by Crippen LogP contribution is 2.22. The molecule has 0 spiro atoms. The van der Waals surface area contributed by atoms with Gasteiger partial charge < -0.3 is 15.1 Å². The van der Waals surface area contributed by atoms with Gasteiger partial charge in [-0.15, -0.1) is 0 Å². The fourth-order valence-electron chi connectivity index (χ4n) is 2.36. The molecule has 2 amide bonds. The molecule has 0 aliphatic carbocycles. The number of rotatable bonds is 8. The number of benzene rings is 1. The van der Waals surface area contributed by atoms with Gasteiger partial charge in [0, 0.05) is 5.02 Å². The summed E-state index contributed by atoms with van der Waals surface area (Å²) < 4.78 is 5.08. The standard InChI is InChI=1S/C18H21ClN2O3S/c1-12(13-6-3-4-7-14(13)19)20-17(22)15(9-11-25-2)21-18(23)16-8-5-10-24-16/h3-8,10,12,15H,9,11H2,1-2H3,(H,20,22)(H,21,23). The van der Waals surface area contributed by atoms with E-state index in [4.69, 9.17) is 16.0 Å². The summed E-state index contributed by atoms with van der Waals surface area (Å²) in [7, 11) is 0. The van der Waals surface area contributed by atoms with Gasteiger partial charge in [-0.05, 0) is 49.1 Å². The lowest BCUT2D eigenvalue weighted by molar-refractivity contribution is -0.123. The van der Waals surface area contributed by atoms with E-state index in [-0.39, 0.29) is 17.7 Å². The molecule has 0 bridgehead atoms. The number of hydrogen-bond donors (Lipinski definition) is 2. The third-order valence-corrected chi connectivity index (χ3v) is 4.70. The molecule has 0 aliphatic heterocycles. The lowest BCUT2D eigenvalue weighted by atomic mass is 10.1. The van der Waals surface area contributed by atoms with Crippen LogP contribution in [-0.4, -0.2) is 29.9 Å². The van der Waals surface area contributed by atoms with Gasteiger partial charge in [0.15, 0.2) is 5.76 Å². The molecule has 2 atom stereocenters. The average Bonchev–Trinajstić information content (AvgIpc) is 3.13. The minimum absolute atomic E-state index is 0.182. The summed E-state index contributed by atoms with van der Waals surface area (Å²) in [6, 6.07) is 9.64. The van der Waals surface area contributed by atoms with E-state index in [1.165, 1.54) is 6.26 Å². The zero-order valence-electron chi connectivity index (χ0n) is 14.1. The molecule has 0 saturated carbocycles. The van der Waals surface area contributed by atoms with Gasteiger partial charge in [-0.25, -0.2) is 0 Å². The van der Waals surface area contributed by atoms with Crippen LogP contribution in [0.2, 0.25) is 5.02 Å². The quantitative estimate of drug-likeness (QED) is 0.733. The van der Waals surface area contributed by atoms with Crippen LogP contribution in [-0.2, 0) is 4.79 Å². The van der Waals surface area contributed by atoms with Crippen LogP contribution in [0.1, 0.15) is 35.5 Å². The number of nitrogens with one attached hydrogen (secondary N) is 2. The molecule has 2 aromatic rings. The van der Waals surface area contributed by atoms with Crippen LogP contribution in [0.5, 0.6) is 0 Å². The number of carbonyl (C=O) groups excluding carboxylic acids is 2. The van der Waals surface area contributed by atoms with Crippen molar-refractivity contribution in [3.05, 3.63) is 59.0 Å². The maximum atomic E-state index is 12.6. The largest absolute Gasteiger partial charge is 0.459 e. The summed E-state index contributed by atoms with van der Waals surface area (Å²) in [4.78, 5) is 24.8. The molecule has 7 heteroatoms. The van der Waals surface area contributed by atoms with E-state index in [1.54, 1.807) is 30.0 Å². The van der Waals surface area contributed by atoms with Gasteiger partial charge in [0.05, 0.1) is 12.3 Å². The normalized spacial score (nSPS) is 13.1. The lowest BCUT2D eigenvalue weighted by Crippen LogP contribution is -2.47. The Morgan fingerprint density at radius 1 is 1.20 bits per heavy atom. The number of hydrogen-bond acceptors (Lipinski definition) is 4. The Labute approximate surface area is 156 Å². The van der Waals surface area contributed by atoms with Crippen molar-refractivity contribution in [1.82, 2.24) is 10.6 Å². The fraction of sp³-hybridized carbons (Fsp3) is 0.333. The smallest absolute Gasteiger partial charge is 0.287 e. The zero-order chi connectivity index (χ0) is 18.2. The maximum absolute atomic E-state index is 12.6. The summed E-state index contributed by atoms with van der Waals surface area (Å²) >= 11 is 7.79. The van der Waals surface area contributed by atoms with E-state index < -0.39 is 11.9 Å². The average molecular weight is 381 g/mol. The van der Waals surface area contributed by atoms with Gasteiger partial charge in [0.1, 0.15) is 6.04 Å². The zero-order valence-corrected chi connectivity index (χ0v) is 15.7. The van der Waals surface area contributed by atoms with Crippen LogP contribution in [0.15, 0.2) is 47.1 Å². The van der Waals surface area contributed by atoms with Gasteiger partial charge in [-0.3, -0.25) is 9.59 Å². The van der Waals surface area contributed by atoms with Crippen LogP contribution in [0.3, 0.4) is 0 Å². The van der Waals surface area contributed by atoms with Crippen molar-refractivity contribution < 1.29 is 14.0 Å². The summed E-state index contributed by atoms with van der Waals surface area (Å²) in [5, 5.41) is 6.25. The number of halogens is 1. The predicted molar refractivity (Wildman–Crippen MR) is 101 cm³/mol. The molecular formula is C18H21ClN2O3S. The first kappa shape index (κ1) is 19.4. The Hall–Kier alpha value is -1.92. The first-order valence-corrected chi connectivity index (χ1v) is 9.68. The Morgan fingerprint density at radius 2 is 1.96 bits per heavy atom. The van der Waals surface area contributed by atoms with Gasteiger partial charge in [-0.1, -0.05) is 29.8 Å². The van der Waals surface area contributed by atoms with Crippen LogP contribution in [0.4, 0.5) is 0 Å². The molecule has 0 aliphatic rings. The molecule has 1 aromatic carbocycles. The third kappa shape index (κ3) is 5.54. The molecule has 1 heterocycles. The van der Waals surface area contributed by atoms with Crippen LogP contribution in [0.25, 0.3) is 0 Å². The summed E-state index contributed by atoms with van der Waals surface area (Å²) in [6.07, 6.45) is 3.90. The second-order valence-electron chi connectivity index (χ2n) is 5.54. The highest BCUT2D eigenvalue weighted by molar-refractivity contribution is 7.98. The first-order valence-electron chi connectivity index (χ1n) is 7.91. The van der Waals surface area contributed by atoms with Gasteiger partial charge in [0.25, 0.3) is 5.91 Å². The second kappa shape index (κ2) is 9.53. The molecule has 0 saturated heterocycles. The first-order chi connectivity index (χ1) is 12.0. The van der Waals surface area contributed by atoms with Crippen LogP contribution < -0.4 is 10.6 Å². The minimum atomic E-state index is -0.644. The molecule has 25 heavy (non-hydrogen) atoms. The van der Waals surface area contributed by atoms with Gasteiger partial charge in [-0.2, -0.15) is 11.8 Å². The van der Waals surface area contributed by atoms with E-state index in [9.17, 15) is 9.59 Å². The molecule has 2 rings (SSSR count). The molecule has 134 valence electrons. The van der Waals surface area contributed by atoms with E-state index >= 15 is 0 Å². The highest BCUT2D eigenvalue weighted by atomic mass is 35.5. The Bertz CT molecular complexity index is 706. The Kier molecular flexibility index (Phi) is 7.40. The lowest BCUT2D eigenvalue weighted by Gasteiger charge is -2.21. The molecule has 0 fully saturated rings. The number of thioether (sulfide) groups is 1. The van der Waals surface area contributed by atoms with E-state index in [0.29, 0.717) is 11.4 Å². The number of carbonyl (C=O) groups is 2. The Balaban J connectivity index is 2.04. The number of furan rings is 1. The molecular weight excluding hydrogens is 360 g/mol. The summed E-state index contributed by atoms with van der Waals surface area (Å²) in [6.45, 7) is 1.86. The van der Waals surface area contributed by atoms with E-state index in [0.717, 1.165) is 11.3 Å². The topological polar surface area (TPSA) is 71.3 Å². The SMILES string of the molecule is CSCCC(NC(=O)c1ccco1)C(=O)NC(C)c1ccccc1Cl. The Morgan fingerprint density at radius 3 is 2.60 bits per heavy atom. The van der Waals surface area contributed by atoms with Crippen LogP contribution >= 0.6 is 23.4 Å². The van der Waals surface area contributed by atoms with Crippen molar-refractivity contribution in [1.29, 1.82) is 0 Å². The molecule has 2 unspecified atom stereocenters. The van der Waals surface area contributed by atoms with Crippen molar-refractivity contribution in [3.8, 4) is 0 Å². The van der Waals surface area contributed by atoms with Crippen molar-refractivity contribution in [2.45, 2.75) is 25.4 Å². The van der Waals surface area contributed by atoms with Crippen LogP contribution in [0, 0.1) is 0 Å². The number of amides is 2. The second-order valence-corrected chi connectivity index (χ2v) is 6.93. The monoisotopic (exact) mass is 380 g/mol. The fourth-order valence-corrected chi connectivity index (χ4v) is 3.13. The van der Waals surface area contributed by atoms with Gasteiger partial charge in [0.2, 0.25) is 5.91 Å². The molecule has 0 radical (unpaired) electrons. The molecule has 1 aromatic heterocycles. The van der Waals surface area contributed by atoms with Crippen molar-refractivity contribution in [2.75, 3.05) is 12.0 Å². The van der Waals surface area contributed by atoms with Crippen molar-refractivity contribution in [3.63, 3.8) is 0 Å². The maximum Gasteiger partial charge on any atom is 0.287 e. The van der Waals surface area contributed by atoms with Crippen molar-refractivity contribution >= 4 is 35.2 Å². The van der Waals surface area contributed by atoms with Crippen molar-refractivity contribution in [2.24, 2.45) is 0 Å². The highest BCUT2D eigenvalue weighted by Gasteiger charge is 2.24. The third-order valence-electron chi connectivity index (χ3n) is 3.71. The minimum Gasteiger partial charge on any atom is -0.459 e. The molecule has 2 N–H and O–H groups in total. The predicted octanol–water partition coefficient (Wildman–Crippen LogP) is 3.66. The molecule has 5 nitrogen and oxygen atoms in total. The van der Waals surface area contributed by atoms with Gasteiger partial charge >= 0.3 is 0 Å². The summed E-state index contributed by atoms with van der Waals surface area (Å²) in [5.74, 6) is 0.274. The van der Waals surface area contributed by atoms with E-state index in [1.807, 2.05) is 31.4 Å². The van der Waals surface area contributed by atoms with E-state index in [2.05, 4.69) is 10.6 Å². The summed E-state index contributed by atoms with van der Waals surface area (Å²) in [5.41, 5.74) is 0.832.